The van der Waals surface area contributed by atoms with Gasteiger partial charge in [-0.05, 0) is 45.2 Å². The standard InChI is InChI=1S/C12H20N2/c1-3-14-9-4-6-11(14)10-13-12(2)7-5-8-12/h4,6,9,13H,3,5,7-8,10H2,1-2H3. The van der Waals surface area contributed by atoms with Gasteiger partial charge in [0, 0.05) is 30.5 Å². The Hall–Kier alpha value is -0.760. The predicted molar refractivity (Wildman–Crippen MR) is 59.2 cm³/mol. The first-order valence-corrected chi connectivity index (χ1v) is 5.62. The molecule has 14 heavy (non-hydrogen) atoms. The number of aromatic nitrogens is 1. The second-order valence-corrected chi connectivity index (χ2v) is 4.55. The van der Waals surface area contributed by atoms with Crippen LogP contribution in [0.4, 0.5) is 0 Å². The van der Waals surface area contributed by atoms with Gasteiger partial charge in [-0.2, -0.15) is 0 Å². The molecular weight excluding hydrogens is 172 g/mol. The fourth-order valence-electron chi connectivity index (χ4n) is 2.11. The largest absolute Gasteiger partial charge is 0.351 e. The summed E-state index contributed by atoms with van der Waals surface area (Å²) in [6, 6.07) is 4.34. The van der Waals surface area contributed by atoms with Crippen LogP contribution in [0.5, 0.6) is 0 Å². The highest BCUT2D eigenvalue weighted by atomic mass is 15.0. The van der Waals surface area contributed by atoms with Crippen LogP contribution >= 0.6 is 0 Å². The Bertz CT molecular complexity index is 297. The molecule has 0 saturated heterocycles. The summed E-state index contributed by atoms with van der Waals surface area (Å²) in [4.78, 5) is 0. The van der Waals surface area contributed by atoms with Crippen LogP contribution in [0, 0.1) is 0 Å². The van der Waals surface area contributed by atoms with Gasteiger partial charge in [-0.25, -0.2) is 0 Å². The van der Waals surface area contributed by atoms with Crippen LogP contribution in [0.15, 0.2) is 18.3 Å². The smallest absolute Gasteiger partial charge is 0.0364 e. The third-order valence-corrected chi connectivity index (χ3v) is 3.42. The van der Waals surface area contributed by atoms with Gasteiger partial charge in [-0.15, -0.1) is 0 Å². The van der Waals surface area contributed by atoms with Crippen LogP contribution in [0.2, 0.25) is 0 Å². The van der Waals surface area contributed by atoms with E-state index in [9.17, 15) is 0 Å². The van der Waals surface area contributed by atoms with E-state index in [1.54, 1.807) is 0 Å². The van der Waals surface area contributed by atoms with Crippen molar-refractivity contribution in [2.24, 2.45) is 0 Å². The minimum absolute atomic E-state index is 0.419. The van der Waals surface area contributed by atoms with Gasteiger partial charge in [-0.3, -0.25) is 0 Å². The van der Waals surface area contributed by atoms with Crippen LogP contribution < -0.4 is 5.32 Å². The van der Waals surface area contributed by atoms with Gasteiger partial charge in [0.05, 0.1) is 0 Å². The Morgan fingerprint density at radius 3 is 2.86 bits per heavy atom. The van der Waals surface area contributed by atoms with Crippen LogP contribution in [0.3, 0.4) is 0 Å². The quantitative estimate of drug-likeness (QED) is 0.775. The summed E-state index contributed by atoms with van der Waals surface area (Å²) in [5, 5.41) is 3.65. The molecule has 2 rings (SSSR count). The molecular formula is C12H20N2. The summed E-state index contributed by atoms with van der Waals surface area (Å²) in [7, 11) is 0. The van der Waals surface area contributed by atoms with E-state index in [2.05, 4.69) is 42.1 Å². The zero-order valence-electron chi connectivity index (χ0n) is 9.21. The molecule has 1 heterocycles. The Morgan fingerprint density at radius 1 is 1.50 bits per heavy atom. The van der Waals surface area contributed by atoms with E-state index in [0.717, 1.165) is 13.1 Å². The lowest BCUT2D eigenvalue weighted by atomic mass is 9.78. The SMILES string of the molecule is CCn1cccc1CNC1(C)CCC1. The van der Waals surface area contributed by atoms with E-state index in [1.807, 2.05) is 0 Å². The fourth-order valence-corrected chi connectivity index (χ4v) is 2.11. The molecule has 1 saturated carbocycles. The molecule has 2 heteroatoms. The second-order valence-electron chi connectivity index (χ2n) is 4.55. The minimum atomic E-state index is 0.419. The molecule has 0 spiro atoms. The average Bonchev–Trinajstić information content (AvgIpc) is 2.58. The number of nitrogens with one attached hydrogen (secondary N) is 1. The van der Waals surface area contributed by atoms with Gasteiger partial charge in [0.2, 0.25) is 0 Å². The van der Waals surface area contributed by atoms with Crippen LogP contribution in [-0.4, -0.2) is 10.1 Å². The number of aryl methyl sites for hydroxylation is 1. The topological polar surface area (TPSA) is 17.0 Å². The number of rotatable bonds is 4. The Labute approximate surface area is 86.3 Å². The predicted octanol–water partition coefficient (Wildman–Crippen LogP) is 2.54. The third-order valence-electron chi connectivity index (χ3n) is 3.42. The first-order chi connectivity index (χ1) is 6.73. The van der Waals surface area contributed by atoms with E-state index < -0.39 is 0 Å². The molecule has 1 aromatic rings. The van der Waals surface area contributed by atoms with Crippen LogP contribution in [-0.2, 0) is 13.1 Å². The average molecular weight is 192 g/mol. The Balaban J connectivity index is 1.91. The van der Waals surface area contributed by atoms with Crippen molar-refractivity contribution in [3.05, 3.63) is 24.0 Å². The highest BCUT2D eigenvalue weighted by molar-refractivity contribution is 5.08. The van der Waals surface area contributed by atoms with Gasteiger partial charge < -0.3 is 9.88 Å². The zero-order chi connectivity index (χ0) is 10.0. The highest BCUT2D eigenvalue weighted by Crippen LogP contribution is 2.31. The number of nitrogens with zero attached hydrogens (tertiary/aromatic N) is 1. The van der Waals surface area contributed by atoms with Crippen molar-refractivity contribution in [3.8, 4) is 0 Å². The van der Waals surface area contributed by atoms with Crippen molar-refractivity contribution >= 4 is 0 Å². The van der Waals surface area contributed by atoms with Crippen molar-refractivity contribution in [2.45, 2.75) is 51.7 Å². The van der Waals surface area contributed by atoms with E-state index >= 15 is 0 Å². The van der Waals surface area contributed by atoms with Crippen molar-refractivity contribution < 1.29 is 0 Å². The van der Waals surface area contributed by atoms with Crippen LogP contribution in [0.1, 0.15) is 38.8 Å². The molecule has 0 unspecified atom stereocenters. The molecule has 1 N–H and O–H groups in total. The maximum absolute atomic E-state index is 3.65. The van der Waals surface area contributed by atoms with Gasteiger partial charge in [0.1, 0.15) is 0 Å². The zero-order valence-corrected chi connectivity index (χ0v) is 9.21. The van der Waals surface area contributed by atoms with Crippen LogP contribution in [0.25, 0.3) is 0 Å². The molecule has 0 atom stereocenters. The van der Waals surface area contributed by atoms with E-state index in [0.29, 0.717) is 5.54 Å². The maximum atomic E-state index is 3.65. The molecule has 1 fully saturated rings. The van der Waals surface area contributed by atoms with E-state index in [-0.39, 0.29) is 0 Å². The highest BCUT2D eigenvalue weighted by Gasteiger charge is 2.30. The number of hydrogen-bond donors (Lipinski definition) is 1. The lowest BCUT2D eigenvalue weighted by Crippen LogP contribution is -2.47. The summed E-state index contributed by atoms with van der Waals surface area (Å²) < 4.78 is 2.30. The van der Waals surface area contributed by atoms with Gasteiger partial charge >= 0.3 is 0 Å². The third kappa shape index (κ3) is 1.85. The molecule has 78 valence electrons. The van der Waals surface area contributed by atoms with Crippen molar-refractivity contribution in [1.82, 2.24) is 9.88 Å². The van der Waals surface area contributed by atoms with Gasteiger partial charge in [0.15, 0.2) is 0 Å². The molecule has 0 bridgehead atoms. The summed E-state index contributed by atoms with van der Waals surface area (Å²) in [5.41, 5.74) is 1.82. The molecule has 0 aliphatic heterocycles. The number of hydrogen-bond acceptors (Lipinski definition) is 1. The molecule has 1 aliphatic rings. The first kappa shape index (κ1) is 9.78. The van der Waals surface area contributed by atoms with Crippen molar-refractivity contribution in [1.29, 1.82) is 0 Å². The lowest BCUT2D eigenvalue weighted by molar-refractivity contribution is 0.205. The Kier molecular flexibility index (Phi) is 2.64. The summed E-state index contributed by atoms with van der Waals surface area (Å²) in [6.07, 6.45) is 6.21. The van der Waals surface area contributed by atoms with E-state index in [4.69, 9.17) is 0 Å². The fraction of sp³-hybridized carbons (Fsp3) is 0.667. The second kappa shape index (κ2) is 3.77. The summed E-state index contributed by atoms with van der Waals surface area (Å²) >= 11 is 0. The van der Waals surface area contributed by atoms with Crippen molar-refractivity contribution in [2.75, 3.05) is 0 Å². The normalized spacial score (nSPS) is 19.3. The first-order valence-electron chi connectivity index (χ1n) is 5.62. The maximum Gasteiger partial charge on any atom is 0.0364 e. The molecule has 0 aromatic carbocycles. The molecule has 2 nitrogen and oxygen atoms in total. The summed E-state index contributed by atoms with van der Waals surface area (Å²) in [5.74, 6) is 0. The minimum Gasteiger partial charge on any atom is -0.351 e. The van der Waals surface area contributed by atoms with Gasteiger partial charge in [-0.1, -0.05) is 0 Å². The molecule has 0 radical (unpaired) electrons. The summed E-state index contributed by atoms with van der Waals surface area (Å²) in [6.45, 7) is 6.60. The monoisotopic (exact) mass is 192 g/mol. The Morgan fingerprint density at radius 2 is 2.29 bits per heavy atom. The van der Waals surface area contributed by atoms with Gasteiger partial charge in [0.25, 0.3) is 0 Å². The molecule has 1 aliphatic carbocycles. The van der Waals surface area contributed by atoms with Crippen molar-refractivity contribution in [3.63, 3.8) is 0 Å². The van der Waals surface area contributed by atoms with E-state index in [1.165, 1.54) is 25.0 Å². The molecule has 1 aromatic heterocycles. The molecule has 0 amide bonds. The lowest BCUT2D eigenvalue weighted by Gasteiger charge is -2.39.